The van der Waals surface area contributed by atoms with E-state index >= 15 is 0 Å². The van der Waals surface area contributed by atoms with Crippen LogP contribution in [0.15, 0.2) is 12.4 Å². The van der Waals surface area contributed by atoms with Gasteiger partial charge in [0.05, 0.1) is 24.3 Å². The maximum atomic E-state index is 12.5. The number of nitrogens with zero attached hydrogens (tertiary/aromatic N) is 2. The van der Waals surface area contributed by atoms with Crippen LogP contribution >= 0.6 is 0 Å². The number of carbonyl (C=O) groups is 5. The van der Waals surface area contributed by atoms with Gasteiger partial charge in [0.1, 0.15) is 12.3 Å². The normalized spacial score (nSPS) is 17.7. The number of carbonyl (C=O) groups excluding carboxylic acids is 5. The molecular formula is C19H28N6O5. The van der Waals surface area contributed by atoms with Crippen LogP contribution in [0, 0.1) is 11.8 Å². The molecule has 3 atom stereocenters. The first kappa shape index (κ1) is 23.0. The summed E-state index contributed by atoms with van der Waals surface area (Å²) in [5.74, 6) is -2.19. The SMILES string of the molecule is CC(C)C(NC(=O)c1cnn(C)c1)C(=O)NCC(=O)NC(C=O)CC1CCNC1=O. The highest BCUT2D eigenvalue weighted by Gasteiger charge is 2.28. The van der Waals surface area contributed by atoms with E-state index in [-0.39, 0.29) is 30.7 Å². The summed E-state index contributed by atoms with van der Waals surface area (Å²) in [6.45, 7) is 3.73. The molecule has 0 radical (unpaired) electrons. The molecule has 0 aromatic carbocycles. The molecular weight excluding hydrogens is 392 g/mol. The van der Waals surface area contributed by atoms with Crippen LogP contribution in [0.3, 0.4) is 0 Å². The van der Waals surface area contributed by atoms with Crippen LogP contribution < -0.4 is 21.3 Å². The van der Waals surface area contributed by atoms with Gasteiger partial charge in [-0.3, -0.25) is 23.9 Å². The highest BCUT2D eigenvalue weighted by Crippen LogP contribution is 2.15. The standard InChI is InChI=1S/C19H28N6O5/c1-11(2)16(24-18(29)13-7-22-25(3)9-13)19(30)21-8-15(27)23-14(10-26)6-12-4-5-20-17(12)28/h7,9-12,14,16H,4-6,8H2,1-3H3,(H,20,28)(H,21,30)(H,23,27)(H,24,29). The van der Waals surface area contributed by atoms with Gasteiger partial charge in [0.25, 0.3) is 5.91 Å². The highest BCUT2D eigenvalue weighted by atomic mass is 16.2. The maximum Gasteiger partial charge on any atom is 0.255 e. The molecule has 0 saturated carbocycles. The number of aryl methyl sites for hydroxylation is 1. The Morgan fingerprint density at radius 3 is 2.60 bits per heavy atom. The lowest BCUT2D eigenvalue weighted by molar-refractivity contribution is -0.128. The third kappa shape index (κ3) is 6.39. The Hall–Kier alpha value is -3.24. The van der Waals surface area contributed by atoms with Crippen LogP contribution in [0.25, 0.3) is 0 Å². The fourth-order valence-electron chi connectivity index (χ4n) is 3.16. The fraction of sp³-hybridized carbons (Fsp3) is 0.579. The average molecular weight is 420 g/mol. The summed E-state index contributed by atoms with van der Waals surface area (Å²) in [5.41, 5.74) is 0.318. The van der Waals surface area contributed by atoms with E-state index in [4.69, 9.17) is 0 Å². The zero-order chi connectivity index (χ0) is 22.3. The van der Waals surface area contributed by atoms with Crippen molar-refractivity contribution in [2.75, 3.05) is 13.1 Å². The van der Waals surface area contributed by atoms with Gasteiger partial charge in [-0.15, -0.1) is 0 Å². The number of amides is 4. The molecule has 1 aromatic rings. The Balaban J connectivity index is 1.84. The summed E-state index contributed by atoms with van der Waals surface area (Å²) >= 11 is 0. The number of aromatic nitrogens is 2. The van der Waals surface area contributed by atoms with Crippen LogP contribution in [0.5, 0.6) is 0 Å². The van der Waals surface area contributed by atoms with E-state index in [1.807, 2.05) is 0 Å². The number of nitrogens with one attached hydrogen (secondary N) is 4. The van der Waals surface area contributed by atoms with Crippen molar-refractivity contribution in [2.45, 2.75) is 38.8 Å². The molecule has 0 bridgehead atoms. The number of aldehydes is 1. The average Bonchev–Trinajstić information content (AvgIpc) is 3.31. The first-order valence-corrected chi connectivity index (χ1v) is 9.80. The molecule has 0 spiro atoms. The lowest BCUT2D eigenvalue weighted by Crippen LogP contribution is -2.52. The van der Waals surface area contributed by atoms with Gasteiger partial charge in [0.2, 0.25) is 17.7 Å². The van der Waals surface area contributed by atoms with E-state index < -0.39 is 29.8 Å². The van der Waals surface area contributed by atoms with Crippen LogP contribution in [0.4, 0.5) is 0 Å². The molecule has 0 aliphatic carbocycles. The zero-order valence-electron chi connectivity index (χ0n) is 17.3. The third-order valence-corrected chi connectivity index (χ3v) is 4.84. The van der Waals surface area contributed by atoms with E-state index in [0.717, 1.165) is 0 Å². The second kappa shape index (κ2) is 10.5. The lowest BCUT2D eigenvalue weighted by Gasteiger charge is -2.21. The number of rotatable bonds is 10. The smallest absolute Gasteiger partial charge is 0.255 e. The Kier molecular flexibility index (Phi) is 8.07. The Bertz CT molecular complexity index is 805. The fourth-order valence-corrected chi connectivity index (χ4v) is 3.16. The summed E-state index contributed by atoms with van der Waals surface area (Å²) in [4.78, 5) is 59.8. The van der Waals surface area contributed by atoms with Crippen molar-refractivity contribution in [2.24, 2.45) is 18.9 Å². The minimum Gasteiger partial charge on any atom is -0.356 e. The van der Waals surface area contributed by atoms with Gasteiger partial charge in [-0.05, 0) is 18.8 Å². The van der Waals surface area contributed by atoms with Crippen LogP contribution in [-0.4, -0.2) is 64.9 Å². The van der Waals surface area contributed by atoms with Crippen LogP contribution in [0.1, 0.15) is 37.0 Å². The molecule has 2 heterocycles. The molecule has 3 unspecified atom stereocenters. The highest BCUT2D eigenvalue weighted by molar-refractivity contribution is 5.97. The van der Waals surface area contributed by atoms with Crippen molar-refractivity contribution in [3.8, 4) is 0 Å². The summed E-state index contributed by atoms with van der Waals surface area (Å²) in [6, 6.07) is -1.66. The quantitative estimate of drug-likeness (QED) is 0.338. The molecule has 1 aliphatic rings. The molecule has 4 N–H and O–H groups in total. The number of hydrogen-bond donors (Lipinski definition) is 4. The molecule has 1 aromatic heterocycles. The molecule has 11 nitrogen and oxygen atoms in total. The van der Waals surface area contributed by atoms with E-state index in [2.05, 4.69) is 26.4 Å². The van der Waals surface area contributed by atoms with Gasteiger partial charge >= 0.3 is 0 Å². The van der Waals surface area contributed by atoms with Gasteiger partial charge < -0.3 is 26.1 Å². The summed E-state index contributed by atoms with van der Waals surface area (Å²) in [5, 5.41) is 14.2. The Morgan fingerprint density at radius 1 is 1.33 bits per heavy atom. The Morgan fingerprint density at radius 2 is 2.07 bits per heavy atom. The van der Waals surface area contributed by atoms with Crippen molar-refractivity contribution in [1.82, 2.24) is 31.0 Å². The first-order valence-electron chi connectivity index (χ1n) is 9.80. The predicted octanol–water partition coefficient (Wildman–Crippen LogP) is -1.50. The molecule has 4 amide bonds. The summed E-state index contributed by atoms with van der Waals surface area (Å²) in [7, 11) is 1.67. The monoisotopic (exact) mass is 420 g/mol. The van der Waals surface area contributed by atoms with Gasteiger partial charge in [-0.25, -0.2) is 0 Å². The van der Waals surface area contributed by atoms with E-state index in [1.165, 1.54) is 17.1 Å². The molecule has 1 fully saturated rings. The summed E-state index contributed by atoms with van der Waals surface area (Å²) < 4.78 is 1.47. The van der Waals surface area contributed by atoms with Crippen LogP contribution in [0.2, 0.25) is 0 Å². The van der Waals surface area contributed by atoms with Crippen molar-refractivity contribution in [1.29, 1.82) is 0 Å². The van der Waals surface area contributed by atoms with Gasteiger partial charge in [0.15, 0.2) is 0 Å². The van der Waals surface area contributed by atoms with Crippen LogP contribution in [-0.2, 0) is 26.2 Å². The van der Waals surface area contributed by atoms with Crippen molar-refractivity contribution in [3.63, 3.8) is 0 Å². The summed E-state index contributed by atoms with van der Waals surface area (Å²) in [6.07, 6.45) is 4.33. The molecule has 2 rings (SSSR count). The van der Waals surface area contributed by atoms with E-state index in [0.29, 0.717) is 24.8 Å². The van der Waals surface area contributed by atoms with Crippen molar-refractivity contribution in [3.05, 3.63) is 18.0 Å². The second-order valence-corrected chi connectivity index (χ2v) is 7.64. The lowest BCUT2D eigenvalue weighted by atomic mass is 9.99. The first-order chi connectivity index (χ1) is 14.2. The van der Waals surface area contributed by atoms with Gasteiger partial charge in [0, 0.05) is 25.7 Å². The molecule has 11 heteroatoms. The predicted molar refractivity (Wildman–Crippen MR) is 106 cm³/mol. The molecule has 164 valence electrons. The minimum atomic E-state index is -0.852. The van der Waals surface area contributed by atoms with E-state index in [1.54, 1.807) is 20.9 Å². The molecule has 1 saturated heterocycles. The molecule has 30 heavy (non-hydrogen) atoms. The second-order valence-electron chi connectivity index (χ2n) is 7.64. The maximum absolute atomic E-state index is 12.5. The van der Waals surface area contributed by atoms with Gasteiger partial charge in [-0.2, -0.15) is 5.10 Å². The van der Waals surface area contributed by atoms with Crippen molar-refractivity contribution >= 4 is 29.9 Å². The Labute approximate surface area is 174 Å². The topological polar surface area (TPSA) is 151 Å². The van der Waals surface area contributed by atoms with Crippen molar-refractivity contribution < 1.29 is 24.0 Å². The van der Waals surface area contributed by atoms with E-state index in [9.17, 15) is 24.0 Å². The third-order valence-electron chi connectivity index (χ3n) is 4.84. The zero-order valence-corrected chi connectivity index (χ0v) is 17.3. The molecule has 1 aliphatic heterocycles. The number of hydrogen-bond acceptors (Lipinski definition) is 6. The van der Waals surface area contributed by atoms with Gasteiger partial charge in [-0.1, -0.05) is 13.8 Å². The largest absolute Gasteiger partial charge is 0.356 e. The minimum absolute atomic E-state index is 0.131.